The summed E-state index contributed by atoms with van der Waals surface area (Å²) in [6.07, 6.45) is 4.29. The van der Waals surface area contributed by atoms with Gasteiger partial charge in [-0.3, -0.25) is 4.90 Å². The molecule has 1 aliphatic heterocycles. The molecule has 1 atom stereocenters. The lowest BCUT2D eigenvalue weighted by molar-refractivity contribution is 0.166. The predicted molar refractivity (Wildman–Crippen MR) is 92.3 cm³/mol. The third-order valence-electron chi connectivity index (χ3n) is 3.66. The van der Waals surface area contributed by atoms with Crippen molar-refractivity contribution in [3.8, 4) is 0 Å². The van der Waals surface area contributed by atoms with Gasteiger partial charge in [-0.2, -0.15) is 0 Å². The first-order valence-corrected chi connectivity index (χ1v) is 6.93. The summed E-state index contributed by atoms with van der Waals surface area (Å²) < 4.78 is 0. The molecule has 0 saturated carbocycles. The standard InChI is InChI=1S/C16H24N2.2ClH/c1-3-4-8-16(18-11-9-17-10-12-18)15-7-5-6-14(2)13-15;;/h3,5-7,13,16-17H,1,4,8-12H2,2H3;2*1H/t16-;;/m0../s1. The number of hydrogen-bond donors (Lipinski definition) is 1. The Balaban J connectivity index is 0.00000180. The van der Waals surface area contributed by atoms with Crippen molar-refractivity contribution in [2.75, 3.05) is 26.2 Å². The van der Waals surface area contributed by atoms with Crippen LogP contribution in [0.5, 0.6) is 0 Å². The van der Waals surface area contributed by atoms with Crippen molar-refractivity contribution < 1.29 is 0 Å². The summed E-state index contributed by atoms with van der Waals surface area (Å²) in [6.45, 7) is 10.5. The first-order chi connectivity index (χ1) is 8.81. The Bertz CT molecular complexity index is 390. The van der Waals surface area contributed by atoms with Crippen LogP contribution in [0, 0.1) is 6.92 Å². The molecule has 1 N–H and O–H groups in total. The maximum atomic E-state index is 3.86. The van der Waals surface area contributed by atoms with Crippen molar-refractivity contribution in [2.45, 2.75) is 25.8 Å². The molecule has 1 aromatic rings. The van der Waals surface area contributed by atoms with Crippen molar-refractivity contribution >= 4 is 24.8 Å². The summed E-state index contributed by atoms with van der Waals surface area (Å²) in [5, 5.41) is 3.43. The van der Waals surface area contributed by atoms with Crippen molar-refractivity contribution in [1.29, 1.82) is 0 Å². The Morgan fingerprint density at radius 3 is 2.60 bits per heavy atom. The van der Waals surface area contributed by atoms with E-state index in [0.717, 1.165) is 32.6 Å². The van der Waals surface area contributed by atoms with Crippen LogP contribution in [0.3, 0.4) is 0 Å². The maximum Gasteiger partial charge on any atom is 0.0352 e. The number of nitrogens with zero attached hydrogens (tertiary/aromatic N) is 1. The van der Waals surface area contributed by atoms with Crippen LogP contribution in [0.2, 0.25) is 0 Å². The van der Waals surface area contributed by atoms with Crippen LogP contribution in [0.25, 0.3) is 0 Å². The van der Waals surface area contributed by atoms with E-state index < -0.39 is 0 Å². The second-order valence-electron chi connectivity index (χ2n) is 5.08. The van der Waals surface area contributed by atoms with Gasteiger partial charge in [0, 0.05) is 32.2 Å². The van der Waals surface area contributed by atoms with Gasteiger partial charge in [-0.15, -0.1) is 31.4 Å². The Morgan fingerprint density at radius 1 is 1.30 bits per heavy atom. The van der Waals surface area contributed by atoms with Crippen LogP contribution >= 0.6 is 24.8 Å². The molecule has 1 saturated heterocycles. The SMILES string of the molecule is C=CCC[C@@H](c1cccc(C)c1)N1CCNCC1.Cl.Cl. The van der Waals surface area contributed by atoms with Gasteiger partial charge < -0.3 is 5.32 Å². The van der Waals surface area contributed by atoms with Crippen LogP contribution in [0.4, 0.5) is 0 Å². The quantitative estimate of drug-likeness (QED) is 0.832. The van der Waals surface area contributed by atoms with Gasteiger partial charge in [-0.05, 0) is 25.3 Å². The largest absolute Gasteiger partial charge is 0.314 e. The van der Waals surface area contributed by atoms with Crippen molar-refractivity contribution in [1.82, 2.24) is 10.2 Å². The zero-order valence-corrected chi connectivity index (χ0v) is 13.8. The fourth-order valence-electron chi connectivity index (χ4n) is 2.71. The second kappa shape index (κ2) is 10.2. The Morgan fingerprint density at radius 2 is 2.00 bits per heavy atom. The molecule has 20 heavy (non-hydrogen) atoms. The first kappa shape index (κ1) is 19.5. The van der Waals surface area contributed by atoms with Gasteiger partial charge in [0.2, 0.25) is 0 Å². The highest BCUT2D eigenvalue weighted by Gasteiger charge is 2.21. The molecule has 4 heteroatoms. The number of rotatable bonds is 5. The van der Waals surface area contributed by atoms with E-state index in [1.807, 2.05) is 6.08 Å². The van der Waals surface area contributed by atoms with Gasteiger partial charge in [0.15, 0.2) is 0 Å². The van der Waals surface area contributed by atoms with E-state index in [1.54, 1.807) is 0 Å². The van der Waals surface area contributed by atoms with Gasteiger partial charge in [0.1, 0.15) is 0 Å². The van der Waals surface area contributed by atoms with E-state index in [4.69, 9.17) is 0 Å². The molecule has 114 valence electrons. The number of benzene rings is 1. The smallest absolute Gasteiger partial charge is 0.0352 e. The molecule has 2 rings (SSSR count). The molecule has 0 aromatic heterocycles. The fraction of sp³-hybridized carbons (Fsp3) is 0.500. The average Bonchev–Trinajstić information content (AvgIpc) is 2.40. The number of nitrogens with one attached hydrogen (secondary N) is 1. The van der Waals surface area contributed by atoms with Gasteiger partial charge >= 0.3 is 0 Å². The third kappa shape index (κ3) is 5.45. The minimum absolute atomic E-state index is 0. The lowest BCUT2D eigenvalue weighted by atomic mass is 9.98. The zero-order chi connectivity index (χ0) is 12.8. The van der Waals surface area contributed by atoms with Crippen molar-refractivity contribution in [3.05, 3.63) is 48.0 Å². The summed E-state index contributed by atoms with van der Waals surface area (Å²) in [6, 6.07) is 9.49. The highest BCUT2D eigenvalue weighted by Crippen LogP contribution is 2.26. The maximum absolute atomic E-state index is 3.86. The Hall–Kier alpha value is -0.540. The number of piperazine rings is 1. The lowest BCUT2D eigenvalue weighted by Crippen LogP contribution is -2.45. The van der Waals surface area contributed by atoms with Gasteiger partial charge in [0.05, 0.1) is 0 Å². The molecular formula is C16H26Cl2N2. The van der Waals surface area contributed by atoms with Crippen LogP contribution in [0.1, 0.15) is 30.0 Å². The molecule has 0 unspecified atom stereocenters. The number of aryl methyl sites for hydroxylation is 1. The molecular weight excluding hydrogens is 291 g/mol. The van der Waals surface area contributed by atoms with Crippen LogP contribution < -0.4 is 5.32 Å². The topological polar surface area (TPSA) is 15.3 Å². The van der Waals surface area contributed by atoms with E-state index in [2.05, 4.69) is 48.0 Å². The third-order valence-corrected chi connectivity index (χ3v) is 3.66. The van der Waals surface area contributed by atoms with Gasteiger partial charge in [0.25, 0.3) is 0 Å². The minimum Gasteiger partial charge on any atom is -0.314 e. The summed E-state index contributed by atoms with van der Waals surface area (Å²) in [5.41, 5.74) is 2.81. The van der Waals surface area contributed by atoms with E-state index in [1.165, 1.54) is 17.5 Å². The summed E-state index contributed by atoms with van der Waals surface area (Å²) in [5.74, 6) is 0. The zero-order valence-electron chi connectivity index (χ0n) is 12.2. The normalized spacial score (nSPS) is 16.6. The van der Waals surface area contributed by atoms with Crippen LogP contribution in [0.15, 0.2) is 36.9 Å². The van der Waals surface area contributed by atoms with Crippen LogP contribution in [-0.2, 0) is 0 Å². The van der Waals surface area contributed by atoms with E-state index >= 15 is 0 Å². The molecule has 1 heterocycles. The average molecular weight is 317 g/mol. The first-order valence-electron chi connectivity index (χ1n) is 6.93. The molecule has 0 spiro atoms. The van der Waals surface area contributed by atoms with E-state index in [0.29, 0.717) is 6.04 Å². The minimum atomic E-state index is 0. The Kier molecular flexibility index (Phi) is 9.95. The van der Waals surface area contributed by atoms with E-state index in [-0.39, 0.29) is 24.8 Å². The van der Waals surface area contributed by atoms with Crippen LogP contribution in [-0.4, -0.2) is 31.1 Å². The predicted octanol–water partition coefficient (Wildman–Crippen LogP) is 3.75. The highest BCUT2D eigenvalue weighted by atomic mass is 35.5. The van der Waals surface area contributed by atoms with Crippen molar-refractivity contribution in [3.63, 3.8) is 0 Å². The molecule has 2 nitrogen and oxygen atoms in total. The van der Waals surface area contributed by atoms with Gasteiger partial charge in [-0.1, -0.05) is 35.9 Å². The lowest BCUT2D eigenvalue weighted by Gasteiger charge is -2.35. The fourth-order valence-corrected chi connectivity index (χ4v) is 2.71. The number of halogens is 2. The second-order valence-corrected chi connectivity index (χ2v) is 5.08. The molecule has 1 aliphatic rings. The number of allylic oxidation sites excluding steroid dienone is 1. The summed E-state index contributed by atoms with van der Waals surface area (Å²) in [4.78, 5) is 2.61. The molecule has 0 radical (unpaired) electrons. The highest BCUT2D eigenvalue weighted by molar-refractivity contribution is 5.85. The molecule has 1 fully saturated rings. The molecule has 0 amide bonds. The summed E-state index contributed by atoms with van der Waals surface area (Å²) >= 11 is 0. The van der Waals surface area contributed by atoms with Gasteiger partial charge in [-0.25, -0.2) is 0 Å². The Labute approximate surface area is 135 Å². The molecule has 0 aliphatic carbocycles. The summed E-state index contributed by atoms with van der Waals surface area (Å²) in [7, 11) is 0. The number of hydrogen-bond acceptors (Lipinski definition) is 2. The van der Waals surface area contributed by atoms with Crippen molar-refractivity contribution in [2.24, 2.45) is 0 Å². The monoisotopic (exact) mass is 316 g/mol. The molecule has 0 bridgehead atoms. The van der Waals surface area contributed by atoms with E-state index in [9.17, 15) is 0 Å². The molecule has 1 aromatic carbocycles.